The quantitative estimate of drug-likeness (QED) is 0.440. The van der Waals surface area contributed by atoms with E-state index in [0.717, 1.165) is 0 Å². The summed E-state index contributed by atoms with van der Waals surface area (Å²) in [5, 5.41) is 8.82. The van der Waals surface area contributed by atoms with Crippen LogP contribution in [0.5, 0.6) is 5.88 Å². The molecule has 0 fully saturated rings. The highest BCUT2D eigenvalue weighted by atomic mass is 32.2. The number of ether oxygens (including phenoxy) is 1. The van der Waals surface area contributed by atoms with Crippen molar-refractivity contribution in [3.63, 3.8) is 0 Å². The second kappa shape index (κ2) is 6.88. The zero-order valence-electron chi connectivity index (χ0n) is 15.6. The smallest absolute Gasteiger partial charge is 0.263 e. The second-order valence-electron chi connectivity index (χ2n) is 6.42. The molecule has 0 spiro atoms. The molecule has 0 saturated heterocycles. The summed E-state index contributed by atoms with van der Waals surface area (Å²) >= 11 is 0. The lowest BCUT2D eigenvalue weighted by Gasteiger charge is -2.08. The Balaban J connectivity index is 1.55. The summed E-state index contributed by atoms with van der Waals surface area (Å²) in [5.41, 5.74) is 1.42. The molecule has 0 radical (unpaired) electrons. The Bertz CT molecular complexity index is 1450. The van der Waals surface area contributed by atoms with Crippen LogP contribution in [0, 0.1) is 0 Å². The topological polar surface area (TPSA) is 125 Å². The van der Waals surface area contributed by atoms with Gasteiger partial charge in [-0.05, 0) is 24.3 Å². The fourth-order valence-corrected chi connectivity index (χ4v) is 4.44. The van der Waals surface area contributed by atoms with Gasteiger partial charge in [-0.2, -0.15) is 5.10 Å². The fraction of sp³-hybridized carbons (Fsp3) is 0.105. The molecule has 0 atom stereocenters. The monoisotopic (exact) mass is 425 g/mol. The van der Waals surface area contributed by atoms with Gasteiger partial charge in [0.2, 0.25) is 5.88 Å². The van der Waals surface area contributed by atoms with Gasteiger partial charge >= 0.3 is 0 Å². The summed E-state index contributed by atoms with van der Waals surface area (Å²) < 4.78 is 46.2. The number of rotatable bonds is 6. The van der Waals surface area contributed by atoms with Gasteiger partial charge < -0.3 is 13.7 Å². The van der Waals surface area contributed by atoms with Crippen molar-refractivity contribution in [1.82, 2.24) is 19.9 Å². The molecule has 0 amide bonds. The molecular formula is C19H15N5O5S. The van der Waals surface area contributed by atoms with E-state index in [0.29, 0.717) is 34.2 Å². The van der Waals surface area contributed by atoms with Crippen LogP contribution in [0.2, 0.25) is 0 Å². The normalized spacial score (nSPS) is 11.9. The first-order chi connectivity index (χ1) is 14.5. The molecule has 30 heavy (non-hydrogen) atoms. The standard InChI is InChI=1S/C19H15N5O5S/c1-27-19-17-15(10-12(21-19)11-24-8-3-7-20-24)29-22-18(17)23-30(25,26)16-5-2-4-14-13(16)6-9-28-14/h2-10H,11H2,1H3,(H,22,23). The van der Waals surface area contributed by atoms with Crippen LogP contribution in [0.4, 0.5) is 5.82 Å². The van der Waals surface area contributed by atoms with Crippen molar-refractivity contribution < 1.29 is 22.1 Å². The maximum absolute atomic E-state index is 13.0. The van der Waals surface area contributed by atoms with E-state index in [1.807, 2.05) is 0 Å². The zero-order chi connectivity index (χ0) is 20.7. The first kappa shape index (κ1) is 18.2. The maximum atomic E-state index is 13.0. The van der Waals surface area contributed by atoms with Crippen LogP contribution in [-0.2, 0) is 16.6 Å². The van der Waals surface area contributed by atoms with E-state index in [2.05, 4.69) is 20.0 Å². The van der Waals surface area contributed by atoms with Crippen LogP contribution in [0.25, 0.3) is 21.9 Å². The molecule has 0 aliphatic heterocycles. The highest BCUT2D eigenvalue weighted by molar-refractivity contribution is 7.93. The molecule has 5 aromatic rings. The number of methoxy groups -OCH3 is 1. The Morgan fingerprint density at radius 3 is 2.90 bits per heavy atom. The van der Waals surface area contributed by atoms with Crippen molar-refractivity contribution in [3.05, 3.63) is 60.7 Å². The van der Waals surface area contributed by atoms with E-state index in [-0.39, 0.29) is 16.6 Å². The number of aromatic nitrogens is 4. The molecule has 11 heteroatoms. The first-order valence-corrected chi connectivity index (χ1v) is 10.3. The van der Waals surface area contributed by atoms with Crippen LogP contribution in [0.15, 0.2) is 68.9 Å². The van der Waals surface area contributed by atoms with Gasteiger partial charge in [0.15, 0.2) is 11.4 Å². The van der Waals surface area contributed by atoms with Crippen LogP contribution in [0.3, 0.4) is 0 Å². The van der Waals surface area contributed by atoms with Gasteiger partial charge in [0, 0.05) is 23.8 Å². The van der Waals surface area contributed by atoms with Crippen LogP contribution in [0.1, 0.15) is 5.69 Å². The summed E-state index contributed by atoms with van der Waals surface area (Å²) in [6.07, 6.45) is 4.90. The van der Waals surface area contributed by atoms with Crippen LogP contribution in [-0.4, -0.2) is 35.4 Å². The van der Waals surface area contributed by atoms with Crippen molar-refractivity contribution in [2.75, 3.05) is 11.8 Å². The third-order valence-electron chi connectivity index (χ3n) is 4.53. The molecule has 4 aromatic heterocycles. The molecule has 5 rings (SSSR count). The van der Waals surface area contributed by atoms with E-state index in [1.165, 1.54) is 19.4 Å². The third kappa shape index (κ3) is 3.05. The van der Waals surface area contributed by atoms with Gasteiger partial charge in [-0.1, -0.05) is 11.2 Å². The van der Waals surface area contributed by atoms with Crippen molar-refractivity contribution in [2.24, 2.45) is 0 Å². The lowest BCUT2D eigenvalue weighted by molar-refractivity contribution is 0.400. The summed E-state index contributed by atoms with van der Waals surface area (Å²) in [6.45, 7) is 0.392. The number of anilines is 1. The van der Waals surface area contributed by atoms with Gasteiger partial charge in [-0.3, -0.25) is 9.40 Å². The maximum Gasteiger partial charge on any atom is 0.263 e. The van der Waals surface area contributed by atoms with E-state index in [4.69, 9.17) is 13.7 Å². The fourth-order valence-electron chi connectivity index (χ4n) is 3.22. The largest absolute Gasteiger partial charge is 0.480 e. The predicted molar refractivity (Wildman–Crippen MR) is 107 cm³/mol. The number of nitrogens with zero attached hydrogens (tertiary/aromatic N) is 4. The Morgan fingerprint density at radius 1 is 1.20 bits per heavy atom. The Morgan fingerprint density at radius 2 is 2.10 bits per heavy atom. The minimum Gasteiger partial charge on any atom is -0.480 e. The molecular weight excluding hydrogens is 410 g/mol. The highest BCUT2D eigenvalue weighted by Crippen LogP contribution is 2.33. The van der Waals surface area contributed by atoms with Crippen molar-refractivity contribution in [1.29, 1.82) is 0 Å². The average molecular weight is 425 g/mol. The van der Waals surface area contributed by atoms with Gasteiger partial charge in [0.25, 0.3) is 10.0 Å². The van der Waals surface area contributed by atoms with E-state index in [9.17, 15) is 8.42 Å². The number of furan rings is 1. The number of benzene rings is 1. The number of hydrogen-bond donors (Lipinski definition) is 1. The van der Waals surface area contributed by atoms with Gasteiger partial charge in [0.1, 0.15) is 11.0 Å². The summed E-state index contributed by atoms with van der Waals surface area (Å²) in [7, 11) is -2.54. The average Bonchev–Trinajstić information content (AvgIpc) is 3.48. The molecule has 4 heterocycles. The minimum absolute atomic E-state index is 0.0134. The molecule has 0 bridgehead atoms. The van der Waals surface area contributed by atoms with Crippen molar-refractivity contribution >= 4 is 37.8 Å². The Labute approximate surface area is 170 Å². The first-order valence-electron chi connectivity index (χ1n) is 8.85. The Hall–Kier alpha value is -3.86. The zero-order valence-corrected chi connectivity index (χ0v) is 16.5. The number of pyridine rings is 1. The number of nitrogens with one attached hydrogen (secondary N) is 1. The molecule has 1 N–H and O–H groups in total. The van der Waals surface area contributed by atoms with E-state index < -0.39 is 10.0 Å². The van der Waals surface area contributed by atoms with Gasteiger partial charge in [-0.15, -0.1) is 0 Å². The SMILES string of the molecule is COc1nc(Cn2cccn2)cc2onc(NS(=O)(=O)c3cccc4occc34)c12. The predicted octanol–water partition coefficient (Wildman–Crippen LogP) is 3.02. The molecule has 10 nitrogen and oxygen atoms in total. The molecule has 0 saturated carbocycles. The molecule has 0 unspecified atom stereocenters. The third-order valence-corrected chi connectivity index (χ3v) is 5.93. The molecule has 1 aromatic carbocycles. The number of fused-ring (bicyclic) bond motifs is 2. The Kier molecular flexibility index (Phi) is 4.17. The van der Waals surface area contributed by atoms with Crippen molar-refractivity contribution in [3.8, 4) is 5.88 Å². The second-order valence-corrected chi connectivity index (χ2v) is 8.08. The molecule has 0 aliphatic rings. The van der Waals surface area contributed by atoms with Crippen molar-refractivity contribution in [2.45, 2.75) is 11.4 Å². The highest BCUT2D eigenvalue weighted by Gasteiger charge is 2.24. The number of sulfonamides is 1. The lowest BCUT2D eigenvalue weighted by atomic mass is 10.2. The van der Waals surface area contributed by atoms with E-state index in [1.54, 1.807) is 47.4 Å². The van der Waals surface area contributed by atoms with Gasteiger partial charge in [0.05, 0.1) is 30.5 Å². The van der Waals surface area contributed by atoms with Crippen LogP contribution < -0.4 is 9.46 Å². The molecule has 152 valence electrons. The molecule has 0 aliphatic carbocycles. The lowest BCUT2D eigenvalue weighted by Crippen LogP contribution is -2.14. The summed E-state index contributed by atoms with van der Waals surface area (Å²) in [5.74, 6) is 0.176. The summed E-state index contributed by atoms with van der Waals surface area (Å²) in [6, 6.07) is 9.84. The summed E-state index contributed by atoms with van der Waals surface area (Å²) in [4.78, 5) is 4.50. The van der Waals surface area contributed by atoms with Gasteiger partial charge in [-0.25, -0.2) is 13.4 Å². The minimum atomic E-state index is -3.98. The van der Waals surface area contributed by atoms with E-state index >= 15 is 0 Å². The van der Waals surface area contributed by atoms with Crippen LogP contribution >= 0.6 is 0 Å². The number of hydrogen-bond acceptors (Lipinski definition) is 8.